The summed E-state index contributed by atoms with van der Waals surface area (Å²) in [6, 6.07) is 96.1. The molecular formula is C66H44N2O. The van der Waals surface area contributed by atoms with Gasteiger partial charge in [-0.2, -0.15) is 0 Å². The number of rotatable bonds is 9. The zero-order valence-electron chi connectivity index (χ0n) is 37.7. The lowest BCUT2D eigenvalue weighted by Gasteiger charge is -2.30. The summed E-state index contributed by atoms with van der Waals surface area (Å²) >= 11 is 0. The van der Waals surface area contributed by atoms with Gasteiger partial charge in [0.05, 0.1) is 22.4 Å². The predicted molar refractivity (Wildman–Crippen MR) is 290 cm³/mol. The fourth-order valence-corrected chi connectivity index (χ4v) is 10.3. The van der Waals surface area contributed by atoms with Crippen LogP contribution in [-0.4, -0.2) is 4.57 Å². The van der Waals surface area contributed by atoms with Crippen LogP contribution in [0.2, 0.25) is 0 Å². The highest BCUT2D eigenvalue weighted by Gasteiger charge is 2.22. The molecule has 0 radical (unpaired) electrons. The van der Waals surface area contributed by atoms with Crippen LogP contribution in [0.4, 0.5) is 17.1 Å². The van der Waals surface area contributed by atoms with E-state index < -0.39 is 0 Å². The van der Waals surface area contributed by atoms with Gasteiger partial charge in [0.1, 0.15) is 11.2 Å². The van der Waals surface area contributed by atoms with E-state index >= 15 is 0 Å². The Morgan fingerprint density at radius 3 is 1.38 bits per heavy atom. The quantitative estimate of drug-likeness (QED) is 0.144. The number of nitrogens with zero attached hydrogens (tertiary/aromatic N) is 2. The second kappa shape index (κ2) is 16.9. The van der Waals surface area contributed by atoms with E-state index in [0.29, 0.717) is 0 Å². The zero-order valence-corrected chi connectivity index (χ0v) is 37.7. The van der Waals surface area contributed by atoms with E-state index in [-0.39, 0.29) is 0 Å². The molecule has 2 aromatic heterocycles. The normalized spacial score (nSPS) is 11.5. The van der Waals surface area contributed by atoms with Crippen molar-refractivity contribution in [1.29, 1.82) is 0 Å². The molecule has 0 fully saturated rings. The maximum absolute atomic E-state index is 6.42. The number of aromatic nitrogens is 1. The van der Waals surface area contributed by atoms with Crippen LogP contribution in [0.15, 0.2) is 271 Å². The maximum Gasteiger partial charge on any atom is 0.136 e. The standard InChI is InChI=1S/C66H44N2O/c1-2-15-45(16-3-1)46-33-35-50(36-34-46)55-19-4-9-24-61(55)67(62-25-10-5-20-56(62)52-39-42-60-59-23-8-13-28-65(59)69-66(60)44-52)53-40-37-48(38-41-53)47-29-31-49(32-30-47)51-17-14-18-54(43-51)68-63-26-11-6-21-57(63)58-22-7-12-27-64(58)68/h1-44H. The average molecular weight is 881 g/mol. The van der Waals surface area contributed by atoms with Gasteiger partial charge in [0.25, 0.3) is 0 Å². The van der Waals surface area contributed by atoms with Crippen molar-refractivity contribution < 1.29 is 4.42 Å². The Morgan fingerprint density at radius 2 is 0.725 bits per heavy atom. The highest BCUT2D eigenvalue weighted by molar-refractivity contribution is 6.09. The lowest BCUT2D eigenvalue weighted by Crippen LogP contribution is -2.12. The molecule has 0 spiro atoms. The van der Waals surface area contributed by atoms with Crippen molar-refractivity contribution in [3.05, 3.63) is 267 Å². The van der Waals surface area contributed by atoms with E-state index in [1.54, 1.807) is 0 Å². The molecule has 0 aliphatic carbocycles. The van der Waals surface area contributed by atoms with Crippen LogP contribution >= 0.6 is 0 Å². The minimum Gasteiger partial charge on any atom is -0.456 e. The lowest BCUT2D eigenvalue weighted by molar-refractivity contribution is 0.669. The van der Waals surface area contributed by atoms with Gasteiger partial charge in [-0.25, -0.2) is 0 Å². The Morgan fingerprint density at radius 1 is 0.275 bits per heavy atom. The van der Waals surface area contributed by atoms with Crippen LogP contribution in [-0.2, 0) is 0 Å². The molecular weight excluding hydrogens is 837 g/mol. The van der Waals surface area contributed by atoms with Crippen molar-refractivity contribution in [3.63, 3.8) is 0 Å². The summed E-state index contributed by atoms with van der Waals surface area (Å²) in [5.74, 6) is 0. The number of hydrogen-bond acceptors (Lipinski definition) is 2. The minimum atomic E-state index is 0.875. The van der Waals surface area contributed by atoms with Crippen molar-refractivity contribution in [2.24, 2.45) is 0 Å². The van der Waals surface area contributed by atoms with E-state index in [0.717, 1.165) is 78.1 Å². The second-order valence-electron chi connectivity index (χ2n) is 17.7. The van der Waals surface area contributed by atoms with Gasteiger partial charge in [-0.05, 0) is 111 Å². The Kier molecular flexibility index (Phi) is 9.84. The van der Waals surface area contributed by atoms with Gasteiger partial charge in [-0.1, -0.05) is 200 Å². The van der Waals surface area contributed by atoms with Gasteiger partial charge in [0.15, 0.2) is 0 Å². The predicted octanol–water partition coefficient (Wildman–Crippen LogP) is 18.5. The number of fused-ring (bicyclic) bond motifs is 6. The van der Waals surface area contributed by atoms with E-state index in [1.165, 1.54) is 44.1 Å². The summed E-state index contributed by atoms with van der Waals surface area (Å²) < 4.78 is 8.80. The second-order valence-corrected chi connectivity index (χ2v) is 17.7. The Bertz CT molecular complexity index is 3940. The molecule has 69 heavy (non-hydrogen) atoms. The van der Waals surface area contributed by atoms with Crippen molar-refractivity contribution in [2.45, 2.75) is 0 Å². The summed E-state index contributed by atoms with van der Waals surface area (Å²) in [5, 5.41) is 4.77. The van der Waals surface area contributed by atoms with Gasteiger partial charge in [-0.3, -0.25) is 0 Å². The molecule has 0 saturated heterocycles. The van der Waals surface area contributed by atoms with Gasteiger partial charge in [0.2, 0.25) is 0 Å². The summed E-state index contributed by atoms with van der Waals surface area (Å²) in [6.07, 6.45) is 0. The van der Waals surface area contributed by atoms with Crippen molar-refractivity contribution in [1.82, 2.24) is 4.57 Å². The summed E-state index contributed by atoms with van der Waals surface area (Å²) in [6.45, 7) is 0. The molecule has 11 aromatic carbocycles. The van der Waals surface area contributed by atoms with Gasteiger partial charge >= 0.3 is 0 Å². The van der Waals surface area contributed by atoms with E-state index in [4.69, 9.17) is 4.42 Å². The number of furan rings is 1. The van der Waals surface area contributed by atoms with E-state index in [9.17, 15) is 0 Å². The summed E-state index contributed by atoms with van der Waals surface area (Å²) in [4.78, 5) is 2.41. The first kappa shape index (κ1) is 40.1. The SMILES string of the molecule is c1ccc(-c2ccc(-c3ccccc3N(c3ccc(-c4ccc(-c5cccc(-n6c7ccccc7c7ccccc76)c5)cc4)cc3)c3ccccc3-c3ccc4c(c3)oc3ccccc34)cc2)cc1. The molecule has 0 aliphatic rings. The molecule has 0 saturated carbocycles. The van der Waals surface area contributed by atoms with Crippen LogP contribution in [0.5, 0.6) is 0 Å². The number of hydrogen-bond donors (Lipinski definition) is 0. The maximum atomic E-state index is 6.42. The monoisotopic (exact) mass is 880 g/mol. The van der Waals surface area contributed by atoms with Crippen LogP contribution in [0.3, 0.4) is 0 Å². The first-order valence-corrected chi connectivity index (χ1v) is 23.6. The molecule has 0 bridgehead atoms. The van der Waals surface area contributed by atoms with E-state index in [2.05, 4.69) is 264 Å². The third kappa shape index (κ3) is 7.16. The van der Waals surface area contributed by atoms with Crippen molar-refractivity contribution in [2.75, 3.05) is 4.90 Å². The smallest absolute Gasteiger partial charge is 0.136 e. The molecule has 2 heterocycles. The highest BCUT2D eigenvalue weighted by Crippen LogP contribution is 2.46. The molecule has 13 aromatic rings. The molecule has 0 N–H and O–H groups in total. The minimum absolute atomic E-state index is 0.875. The first-order chi connectivity index (χ1) is 34.2. The molecule has 3 heteroatoms. The molecule has 13 rings (SSSR count). The summed E-state index contributed by atoms with van der Waals surface area (Å²) in [5.41, 5.74) is 20.1. The van der Waals surface area contributed by atoms with Gasteiger partial charge in [-0.15, -0.1) is 0 Å². The van der Waals surface area contributed by atoms with Gasteiger partial charge < -0.3 is 13.9 Å². The molecule has 0 unspecified atom stereocenters. The highest BCUT2D eigenvalue weighted by atomic mass is 16.3. The third-order valence-electron chi connectivity index (χ3n) is 13.6. The Balaban J connectivity index is 0.878. The zero-order chi connectivity index (χ0) is 45.7. The number of anilines is 3. The molecule has 3 nitrogen and oxygen atoms in total. The number of para-hydroxylation sites is 5. The Hall–Kier alpha value is -9.18. The average Bonchev–Trinajstić information content (AvgIpc) is 3.97. The largest absolute Gasteiger partial charge is 0.456 e. The van der Waals surface area contributed by atoms with Crippen molar-refractivity contribution in [3.8, 4) is 61.3 Å². The Labute approximate surface area is 401 Å². The molecule has 0 aliphatic heterocycles. The van der Waals surface area contributed by atoms with Crippen LogP contribution in [0.1, 0.15) is 0 Å². The number of benzene rings is 11. The van der Waals surface area contributed by atoms with Crippen molar-refractivity contribution >= 4 is 60.8 Å². The molecule has 0 amide bonds. The lowest BCUT2D eigenvalue weighted by atomic mass is 9.96. The van der Waals surface area contributed by atoms with Crippen LogP contribution in [0.25, 0.3) is 105 Å². The fraction of sp³-hybridized carbons (Fsp3) is 0. The van der Waals surface area contributed by atoms with E-state index in [1.807, 2.05) is 12.1 Å². The topological polar surface area (TPSA) is 21.3 Å². The third-order valence-corrected chi connectivity index (χ3v) is 13.6. The summed E-state index contributed by atoms with van der Waals surface area (Å²) in [7, 11) is 0. The van der Waals surface area contributed by atoms with Crippen LogP contribution in [0, 0.1) is 0 Å². The first-order valence-electron chi connectivity index (χ1n) is 23.6. The van der Waals surface area contributed by atoms with Crippen LogP contribution < -0.4 is 4.90 Å². The fourth-order valence-electron chi connectivity index (χ4n) is 10.3. The molecule has 324 valence electrons. The molecule has 0 atom stereocenters. The van der Waals surface area contributed by atoms with Gasteiger partial charge in [0, 0.05) is 44.0 Å².